The molecule has 0 saturated carbocycles. The van der Waals surface area contributed by atoms with Gasteiger partial charge in [-0.25, -0.2) is 4.98 Å². The molecule has 6 heteroatoms. The molecular formula is C22H37N5O. The number of anilines is 1. The summed E-state index contributed by atoms with van der Waals surface area (Å²) in [6.45, 7) is 13.8. The number of nitrogens with zero attached hydrogens (tertiary/aromatic N) is 4. The number of likely N-dealkylation sites (tertiary alicyclic amines) is 2. The molecule has 0 aromatic carbocycles. The van der Waals surface area contributed by atoms with E-state index in [9.17, 15) is 4.79 Å². The summed E-state index contributed by atoms with van der Waals surface area (Å²) in [7, 11) is 0. The molecule has 6 nitrogen and oxygen atoms in total. The smallest absolute Gasteiger partial charge is 0.252 e. The third-order valence-electron chi connectivity index (χ3n) is 6.60. The summed E-state index contributed by atoms with van der Waals surface area (Å²) >= 11 is 0. The summed E-state index contributed by atoms with van der Waals surface area (Å²) in [6, 6.07) is 1.73. The molecule has 0 radical (unpaired) electrons. The van der Waals surface area contributed by atoms with Gasteiger partial charge in [0.25, 0.3) is 5.56 Å². The van der Waals surface area contributed by atoms with Crippen LogP contribution in [0.1, 0.15) is 64.0 Å². The van der Waals surface area contributed by atoms with Gasteiger partial charge in [0.05, 0.1) is 5.69 Å². The standard InChI is InChI=1S/C22H37N5O/c1-22(2,16-25-9-4-3-5-10-25)17-26-13-8-18(15-26)19-14-20(28)24-21(23-19)27-11-6-7-12-27/h14,18H,3-13,15-17H2,1-2H3,(H,23,24,28)/t18-/m0/s1. The first kappa shape index (κ1) is 19.9. The predicted molar refractivity (Wildman–Crippen MR) is 114 cm³/mol. The lowest BCUT2D eigenvalue weighted by molar-refractivity contribution is 0.117. The van der Waals surface area contributed by atoms with Crippen LogP contribution in [0, 0.1) is 5.41 Å². The third-order valence-corrected chi connectivity index (χ3v) is 6.60. The first-order chi connectivity index (χ1) is 13.5. The molecule has 3 saturated heterocycles. The van der Waals surface area contributed by atoms with Crippen LogP contribution in [-0.4, -0.2) is 72.1 Å². The monoisotopic (exact) mass is 387 g/mol. The molecule has 1 aromatic heterocycles. The summed E-state index contributed by atoms with van der Waals surface area (Å²) in [5.74, 6) is 1.17. The van der Waals surface area contributed by atoms with E-state index in [1.807, 2.05) is 0 Å². The Hall–Kier alpha value is -1.40. The Morgan fingerprint density at radius 3 is 2.43 bits per heavy atom. The number of rotatable bonds is 6. The van der Waals surface area contributed by atoms with Gasteiger partial charge < -0.3 is 14.7 Å². The Morgan fingerprint density at radius 2 is 1.68 bits per heavy atom. The van der Waals surface area contributed by atoms with Crippen LogP contribution in [0.25, 0.3) is 0 Å². The van der Waals surface area contributed by atoms with Crippen LogP contribution >= 0.6 is 0 Å². The molecule has 4 rings (SSSR count). The van der Waals surface area contributed by atoms with E-state index < -0.39 is 0 Å². The first-order valence-corrected chi connectivity index (χ1v) is 11.3. The number of H-pyrrole nitrogens is 1. The normalized spacial score (nSPS) is 24.9. The van der Waals surface area contributed by atoms with Crippen molar-refractivity contribution in [2.75, 3.05) is 57.3 Å². The number of piperidine rings is 1. The molecule has 3 aliphatic heterocycles. The molecule has 0 spiro atoms. The van der Waals surface area contributed by atoms with Crippen molar-refractivity contribution in [3.8, 4) is 0 Å². The topological polar surface area (TPSA) is 55.5 Å². The van der Waals surface area contributed by atoms with Gasteiger partial charge in [-0.15, -0.1) is 0 Å². The lowest BCUT2D eigenvalue weighted by atomic mass is 9.91. The van der Waals surface area contributed by atoms with Crippen molar-refractivity contribution in [3.63, 3.8) is 0 Å². The van der Waals surface area contributed by atoms with Crippen LogP contribution < -0.4 is 10.5 Å². The zero-order chi connectivity index (χ0) is 19.6. The second kappa shape index (κ2) is 8.54. The second-order valence-electron chi connectivity index (χ2n) is 9.91. The highest BCUT2D eigenvalue weighted by molar-refractivity contribution is 5.32. The predicted octanol–water partition coefficient (Wildman–Crippen LogP) is 2.67. The molecule has 3 fully saturated rings. The van der Waals surface area contributed by atoms with E-state index in [4.69, 9.17) is 4.98 Å². The fourth-order valence-electron chi connectivity index (χ4n) is 5.35. The molecule has 156 valence electrons. The summed E-state index contributed by atoms with van der Waals surface area (Å²) in [6.07, 6.45) is 7.60. The summed E-state index contributed by atoms with van der Waals surface area (Å²) in [5, 5.41) is 0. The highest BCUT2D eigenvalue weighted by atomic mass is 16.1. The number of hydrogen-bond donors (Lipinski definition) is 1. The highest BCUT2D eigenvalue weighted by Crippen LogP contribution is 2.30. The van der Waals surface area contributed by atoms with E-state index in [-0.39, 0.29) is 5.56 Å². The average Bonchev–Trinajstić information content (AvgIpc) is 3.33. The quantitative estimate of drug-likeness (QED) is 0.813. The number of hydrogen-bond acceptors (Lipinski definition) is 5. The molecule has 28 heavy (non-hydrogen) atoms. The second-order valence-corrected chi connectivity index (χ2v) is 9.91. The molecule has 0 unspecified atom stereocenters. The Kier molecular flexibility index (Phi) is 6.07. The van der Waals surface area contributed by atoms with Crippen LogP contribution in [-0.2, 0) is 0 Å². The Labute approximate surface area is 169 Å². The molecule has 1 atom stereocenters. The van der Waals surface area contributed by atoms with Gasteiger partial charge in [0.2, 0.25) is 5.95 Å². The maximum absolute atomic E-state index is 12.2. The van der Waals surface area contributed by atoms with Crippen molar-refractivity contribution in [1.82, 2.24) is 19.8 Å². The lowest BCUT2D eigenvalue weighted by Crippen LogP contribution is -2.43. The Balaban J connectivity index is 1.36. The number of aromatic nitrogens is 2. The maximum atomic E-state index is 12.2. The van der Waals surface area contributed by atoms with Crippen LogP contribution in [0.2, 0.25) is 0 Å². The molecule has 1 N–H and O–H groups in total. The van der Waals surface area contributed by atoms with Crippen LogP contribution in [0.3, 0.4) is 0 Å². The van der Waals surface area contributed by atoms with Gasteiger partial charge >= 0.3 is 0 Å². The van der Waals surface area contributed by atoms with Gasteiger partial charge in [0, 0.05) is 44.7 Å². The van der Waals surface area contributed by atoms with E-state index in [0.717, 1.165) is 50.8 Å². The highest BCUT2D eigenvalue weighted by Gasteiger charge is 2.31. The van der Waals surface area contributed by atoms with Crippen LogP contribution in [0.4, 0.5) is 5.95 Å². The number of aromatic amines is 1. The van der Waals surface area contributed by atoms with E-state index in [1.165, 1.54) is 51.7 Å². The first-order valence-electron chi connectivity index (χ1n) is 11.3. The van der Waals surface area contributed by atoms with E-state index in [1.54, 1.807) is 6.07 Å². The summed E-state index contributed by atoms with van der Waals surface area (Å²) in [4.78, 5) is 27.5. The molecule has 4 heterocycles. The maximum Gasteiger partial charge on any atom is 0.252 e. The summed E-state index contributed by atoms with van der Waals surface area (Å²) in [5.41, 5.74) is 1.28. The van der Waals surface area contributed by atoms with Crippen molar-refractivity contribution in [3.05, 3.63) is 22.1 Å². The zero-order valence-electron chi connectivity index (χ0n) is 17.8. The number of nitrogens with one attached hydrogen (secondary N) is 1. The van der Waals surface area contributed by atoms with Crippen molar-refractivity contribution < 1.29 is 0 Å². The molecule has 0 aliphatic carbocycles. The fourth-order valence-corrected chi connectivity index (χ4v) is 5.35. The molecule has 1 aromatic rings. The molecular weight excluding hydrogens is 350 g/mol. The zero-order valence-corrected chi connectivity index (χ0v) is 17.8. The van der Waals surface area contributed by atoms with E-state index in [0.29, 0.717) is 11.3 Å². The van der Waals surface area contributed by atoms with Gasteiger partial charge in [0.15, 0.2) is 0 Å². The Morgan fingerprint density at radius 1 is 1.00 bits per heavy atom. The minimum absolute atomic E-state index is 0.00391. The van der Waals surface area contributed by atoms with Crippen molar-refractivity contribution in [2.24, 2.45) is 5.41 Å². The third kappa shape index (κ3) is 4.95. The fraction of sp³-hybridized carbons (Fsp3) is 0.818. The van der Waals surface area contributed by atoms with Crippen molar-refractivity contribution in [1.29, 1.82) is 0 Å². The minimum Gasteiger partial charge on any atom is -0.342 e. The van der Waals surface area contributed by atoms with Gasteiger partial charge in [-0.3, -0.25) is 9.78 Å². The van der Waals surface area contributed by atoms with Gasteiger partial charge in [-0.1, -0.05) is 20.3 Å². The van der Waals surface area contributed by atoms with Crippen LogP contribution in [0.5, 0.6) is 0 Å². The average molecular weight is 388 g/mol. The van der Waals surface area contributed by atoms with Crippen molar-refractivity contribution >= 4 is 5.95 Å². The lowest BCUT2D eigenvalue weighted by Gasteiger charge is -2.37. The van der Waals surface area contributed by atoms with Crippen molar-refractivity contribution in [2.45, 2.75) is 58.3 Å². The van der Waals surface area contributed by atoms with Gasteiger partial charge in [-0.2, -0.15) is 0 Å². The summed E-state index contributed by atoms with van der Waals surface area (Å²) < 4.78 is 0. The van der Waals surface area contributed by atoms with E-state index >= 15 is 0 Å². The Bertz CT molecular complexity index is 703. The van der Waals surface area contributed by atoms with Gasteiger partial charge in [0.1, 0.15) is 0 Å². The van der Waals surface area contributed by atoms with Crippen LogP contribution in [0.15, 0.2) is 10.9 Å². The largest absolute Gasteiger partial charge is 0.342 e. The molecule has 0 bridgehead atoms. The van der Waals surface area contributed by atoms with E-state index in [2.05, 4.69) is 33.5 Å². The SMILES string of the molecule is CC(C)(CN1CCCCC1)CN1CC[C@H](c2cc(=O)[nH]c(N3CCCC3)n2)C1. The molecule has 0 amide bonds. The minimum atomic E-state index is -0.00391. The van der Waals surface area contributed by atoms with Gasteiger partial charge in [-0.05, 0) is 57.2 Å². The molecule has 3 aliphatic rings.